The van der Waals surface area contributed by atoms with Crippen molar-refractivity contribution in [2.24, 2.45) is 11.8 Å². The van der Waals surface area contributed by atoms with Crippen molar-refractivity contribution in [3.63, 3.8) is 0 Å². The number of carbonyl (C=O) groups excluding carboxylic acids is 1. The molecule has 1 radical (unpaired) electrons. The zero-order chi connectivity index (χ0) is 9.56. The summed E-state index contributed by atoms with van der Waals surface area (Å²) in [6.45, 7) is 6.16. The summed E-state index contributed by atoms with van der Waals surface area (Å²) < 4.78 is 0. The van der Waals surface area contributed by atoms with Crippen LogP contribution in [0.2, 0.25) is 0 Å². The van der Waals surface area contributed by atoms with E-state index in [0.717, 1.165) is 25.7 Å². The Bertz CT molecular complexity index is 130. The van der Waals surface area contributed by atoms with Gasteiger partial charge in [0.05, 0.1) is 5.92 Å². The number of unbranched alkanes of at least 4 members (excludes halogenated alkanes) is 1. The minimum Gasteiger partial charge on any atom is -0.247 e. The molecule has 0 aliphatic rings. The van der Waals surface area contributed by atoms with Crippen LogP contribution >= 0.6 is 0 Å². The summed E-state index contributed by atoms with van der Waals surface area (Å²) in [7, 11) is 0. The number of rotatable bonds is 6. The molecule has 0 rings (SSSR count). The summed E-state index contributed by atoms with van der Waals surface area (Å²) in [5.74, 6) is -0.660. The van der Waals surface area contributed by atoms with Gasteiger partial charge < -0.3 is 0 Å². The fourth-order valence-electron chi connectivity index (χ4n) is 1.35. The summed E-state index contributed by atoms with van der Waals surface area (Å²) in [5.41, 5.74) is 0. The number of hydrogen-bond donors (Lipinski definition) is 0. The second kappa shape index (κ2) is 6.04. The quantitative estimate of drug-likeness (QED) is 0.605. The highest BCUT2D eigenvalue weighted by molar-refractivity contribution is 5.69. The largest absolute Gasteiger partial charge is 0.358 e. The molecule has 0 aromatic heterocycles. The Balaban J connectivity index is 3.78. The second-order valence-electron chi connectivity index (χ2n) is 3.79. The maximum Gasteiger partial charge on any atom is 0.358 e. The third-order valence-electron chi connectivity index (χ3n) is 2.00. The van der Waals surface area contributed by atoms with Crippen molar-refractivity contribution in [2.45, 2.75) is 46.5 Å². The Morgan fingerprint density at radius 2 is 1.92 bits per heavy atom. The van der Waals surface area contributed by atoms with Gasteiger partial charge in [0.1, 0.15) is 0 Å². The standard InChI is InChI=1S/C10H19O2/c1-4-5-6-9(10(11)12)7-8(2)3/h8-9H,4-7H2,1-3H3. The lowest BCUT2D eigenvalue weighted by Crippen LogP contribution is -2.14. The van der Waals surface area contributed by atoms with E-state index in [-0.39, 0.29) is 5.92 Å². The molecule has 0 aromatic rings. The van der Waals surface area contributed by atoms with Crippen LogP contribution in [0.3, 0.4) is 0 Å². The van der Waals surface area contributed by atoms with Gasteiger partial charge >= 0.3 is 5.97 Å². The zero-order valence-corrected chi connectivity index (χ0v) is 8.30. The fraction of sp³-hybridized carbons (Fsp3) is 0.900. The van der Waals surface area contributed by atoms with Crippen LogP contribution < -0.4 is 0 Å². The van der Waals surface area contributed by atoms with E-state index < -0.39 is 5.97 Å². The first-order chi connectivity index (χ1) is 5.57. The highest BCUT2D eigenvalue weighted by Crippen LogP contribution is 2.18. The Morgan fingerprint density at radius 3 is 2.25 bits per heavy atom. The predicted molar refractivity (Wildman–Crippen MR) is 48.2 cm³/mol. The molecule has 0 saturated heterocycles. The first kappa shape index (κ1) is 11.5. The molecule has 1 atom stereocenters. The normalized spacial score (nSPS) is 13.3. The molecule has 0 heterocycles. The lowest BCUT2D eigenvalue weighted by Gasteiger charge is -2.12. The highest BCUT2D eigenvalue weighted by Gasteiger charge is 2.19. The van der Waals surface area contributed by atoms with Crippen molar-refractivity contribution in [1.29, 1.82) is 0 Å². The predicted octanol–water partition coefficient (Wildman–Crippen LogP) is 2.80. The van der Waals surface area contributed by atoms with Crippen molar-refractivity contribution >= 4 is 5.97 Å². The monoisotopic (exact) mass is 171 g/mol. The van der Waals surface area contributed by atoms with Crippen LogP contribution in [0.4, 0.5) is 0 Å². The van der Waals surface area contributed by atoms with Gasteiger partial charge in [0.2, 0.25) is 0 Å². The van der Waals surface area contributed by atoms with Crippen LogP contribution in [-0.4, -0.2) is 5.97 Å². The van der Waals surface area contributed by atoms with Crippen molar-refractivity contribution in [3.8, 4) is 0 Å². The summed E-state index contributed by atoms with van der Waals surface area (Å²) in [4.78, 5) is 10.6. The molecule has 0 aliphatic heterocycles. The van der Waals surface area contributed by atoms with E-state index in [4.69, 9.17) is 0 Å². The Hall–Kier alpha value is -0.530. The minimum absolute atomic E-state index is 0.232. The van der Waals surface area contributed by atoms with Crippen molar-refractivity contribution in [3.05, 3.63) is 0 Å². The van der Waals surface area contributed by atoms with E-state index in [1.165, 1.54) is 0 Å². The number of carbonyl (C=O) groups is 1. The fourth-order valence-corrected chi connectivity index (χ4v) is 1.35. The molecule has 71 valence electrons. The summed E-state index contributed by atoms with van der Waals surface area (Å²) in [5, 5.41) is 10.6. The Labute approximate surface area is 75.0 Å². The molecule has 1 unspecified atom stereocenters. The van der Waals surface area contributed by atoms with E-state index >= 15 is 0 Å². The lowest BCUT2D eigenvalue weighted by atomic mass is 9.92. The molecule has 0 bridgehead atoms. The molecule has 0 fully saturated rings. The lowest BCUT2D eigenvalue weighted by molar-refractivity contribution is -0.149. The third kappa shape index (κ3) is 5.16. The molecule has 0 saturated carbocycles. The molecule has 0 N–H and O–H groups in total. The molecule has 0 amide bonds. The summed E-state index contributed by atoms with van der Waals surface area (Å²) >= 11 is 0. The van der Waals surface area contributed by atoms with Gasteiger partial charge in [0.15, 0.2) is 0 Å². The topological polar surface area (TPSA) is 37.0 Å². The van der Waals surface area contributed by atoms with Gasteiger partial charge in [-0.3, -0.25) is 0 Å². The van der Waals surface area contributed by atoms with Crippen molar-refractivity contribution in [1.82, 2.24) is 0 Å². The Kier molecular flexibility index (Phi) is 5.77. The van der Waals surface area contributed by atoms with Crippen LogP contribution in [0.5, 0.6) is 0 Å². The summed E-state index contributed by atoms with van der Waals surface area (Å²) in [6, 6.07) is 0. The van der Waals surface area contributed by atoms with Crippen molar-refractivity contribution in [2.75, 3.05) is 0 Å². The van der Waals surface area contributed by atoms with Crippen LogP contribution in [0.15, 0.2) is 0 Å². The maximum atomic E-state index is 10.6. The molecule has 0 aliphatic carbocycles. The minimum atomic E-state index is -0.878. The van der Waals surface area contributed by atoms with Gasteiger partial charge in [0.25, 0.3) is 0 Å². The zero-order valence-electron chi connectivity index (χ0n) is 8.30. The molecule has 2 nitrogen and oxygen atoms in total. The Morgan fingerprint density at radius 1 is 1.33 bits per heavy atom. The molecular formula is C10H19O2. The van der Waals surface area contributed by atoms with E-state index in [2.05, 4.69) is 6.92 Å². The van der Waals surface area contributed by atoms with Gasteiger partial charge in [0, 0.05) is 0 Å². The highest BCUT2D eigenvalue weighted by atomic mass is 16.4. The van der Waals surface area contributed by atoms with Gasteiger partial charge in [-0.15, -0.1) is 0 Å². The summed E-state index contributed by atoms with van der Waals surface area (Å²) in [6.07, 6.45) is 3.58. The van der Waals surface area contributed by atoms with Crippen LogP contribution in [0.1, 0.15) is 46.5 Å². The van der Waals surface area contributed by atoms with Crippen LogP contribution in [-0.2, 0) is 9.90 Å². The SMILES string of the molecule is CCCCC(CC(C)C)C([O])=O. The second-order valence-corrected chi connectivity index (χ2v) is 3.79. The van der Waals surface area contributed by atoms with Gasteiger partial charge in [-0.1, -0.05) is 33.6 Å². The van der Waals surface area contributed by atoms with Gasteiger partial charge in [-0.05, 0) is 18.8 Å². The van der Waals surface area contributed by atoms with E-state index in [1.54, 1.807) is 0 Å². The van der Waals surface area contributed by atoms with E-state index in [1.807, 2.05) is 13.8 Å². The van der Waals surface area contributed by atoms with E-state index in [9.17, 15) is 9.90 Å². The van der Waals surface area contributed by atoms with Crippen LogP contribution in [0.25, 0.3) is 0 Å². The molecule has 0 spiro atoms. The van der Waals surface area contributed by atoms with Gasteiger partial charge in [-0.2, -0.15) is 0 Å². The molecule has 12 heavy (non-hydrogen) atoms. The molecule has 2 heteroatoms. The smallest absolute Gasteiger partial charge is 0.247 e. The van der Waals surface area contributed by atoms with Crippen molar-refractivity contribution < 1.29 is 9.90 Å². The van der Waals surface area contributed by atoms with E-state index in [0.29, 0.717) is 5.92 Å². The maximum absolute atomic E-state index is 10.6. The molecular weight excluding hydrogens is 152 g/mol. The molecule has 0 aromatic carbocycles. The number of hydrogen-bond acceptors (Lipinski definition) is 1. The first-order valence-electron chi connectivity index (χ1n) is 4.78. The third-order valence-corrected chi connectivity index (χ3v) is 2.00. The van der Waals surface area contributed by atoms with Crippen LogP contribution in [0, 0.1) is 11.8 Å². The average molecular weight is 171 g/mol. The first-order valence-corrected chi connectivity index (χ1v) is 4.78. The van der Waals surface area contributed by atoms with Gasteiger partial charge in [-0.25, -0.2) is 9.90 Å². The average Bonchev–Trinajstić information content (AvgIpc) is 1.96.